The number of hydrogen-bond donors (Lipinski definition) is 3. The Hall–Kier alpha value is -3.87. The van der Waals surface area contributed by atoms with Gasteiger partial charge in [-0.3, -0.25) is 10.1 Å². The summed E-state index contributed by atoms with van der Waals surface area (Å²) in [6, 6.07) is 22.9. The molecule has 0 saturated carbocycles. The van der Waals surface area contributed by atoms with Gasteiger partial charge in [-0.2, -0.15) is 0 Å². The van der Waals surface area contributed by atoms with Crippen molar-refractivity contribution >= 4 is 28.8 Å². The van der Waals surface area contributed by atoms with Crippen LogP contribution in [0.5, 0.6) is 0 Å². The van der Waals surface area contributed by atoms with E-state index in [0.717, 1.165) is 5.69 Å². The number of urea groups is 1. The molecule has 7 heteroatoms. The number of nitrogens with one attached hydrogen (secondary N) is 3. The van der Waals surface area contributed by atoms with Crippen LogP contribution in [-0.4, -0.2) is 11.0 Å². The molecule has 0 heterocycles. The fourth-order valence-corrected chi connectivity index (χ4v) is 2.68. The van der Waals surface area contributed by atoms with Gasteiger partial charge in [-0.05, 0) is 48.9 Å². The average molecular weight is 376 g/mol. The van der Waals surface area contributed by atoms with Crippen molar-refractivity contribution in [2.45, 2.75) is 13.0 Å². The molecule has 3 N–H and O–H groups in total. The van der Waals surface area contributed by atoms with Crippen LogP contribution in [0.2, 0.25) is 0 Å². The van der Waals surface area contributed by atoms with Crippen LogP contribution in [0.4, 0.5) is 27.5 Å². The first kappa shape index (κ1) is 18.9. The molecule has 2 amide bonds. The lowest BCUT2D eigenvalue weighted by molar-refractivity contribution is -0.384. The van der Waals surface area contributed by atoms with Gasteiger partial charge in [-0.1, -0.05) is 30.3 Å². The third-order valence-electron chi connectivity index (χ3n) is 4.16. The van der Waals surface area contributed by atoms with E-state index in [2.05, 4.69) is 35.0 Å². The molecule has 0 fully saturated rings. The Labute approximate surface area is 162 Å². The zero-order valence-electron chi connectivity index (χ0n) is 15.3. The number of carbonyl (C=O) groups excluding carboxylic acids is 1. The molecule has 0 bridgehead atoms. The highest BCUT2D eigenvalue weighted by Gasteiger charge is 2.08. The van der Waals surface area contributed by atoms with Crippen LogP contribution in [0, 0.1) is 10.1 Å². The van der Waals surface area contributed by atoms with E-state index in [1.165, 1.54) is 29.8 Å². The lowest BCUT2D eigenvalue weighted by atomic mass is 10.1. The summed E-state index contributed by atoms with van der Waals surface area (Å²) in [5, 5.41) is 19.4. The minimum absolute atomic E-state index is 0.0289. The first-order chi connectivity index (χ1) is 13.5. The highest BCUT2D eigenvalue weighted by Crippen LogP contribution is 2.21. The van der Waals surface area contributed by atoms with Crippen LogP contribution >= 0.6 is 0 Å². The molecular weight excluding hydrogens is 356 g/mol. The van der Waals surface area contributed by atoms with Gasteiger partial charge in [-0.15, -0.1) is 0 Å². The van der Waals surface area contributed by atoms with Gasteiger partial charge in [0.2, 0.25) is 0 Å². The van der Waals surface area contributed by atoms with E-state index < -0.39 is 11.0 Å². The molecule has 3 rings (SSSR count). The number of amides is 2. The summed E-state index contributed by atoms with van der Waals surface area (Å²) in [6.07, 6.45) is 0. The highest BCUT2D eigenvalue weighted by molar-refractivity contribution is 5.99. The van der Waals surface area contributed by atoms with Gasteiger partial charge < -0.3 is 16.0 Å². The zero-order valence-corrected chi connectivity index (χ0v) is 15.3. The molecule has 0 aliphatic carbocycles. The molecule has 0 aliphatic heterocycles. The molecule has 3 aromatic carbocycles. The van der Waals surface area contributed by atoms with Crippen molar-refractivity contribution in [2.24, 2.45) is 0 Å². The maximum absolute atomic E-state index is 12.1. The van der Waals surface area contributed by atoms with Crippen LogP contribution < -0.4 is 16.0 Å². The monoisotopic (exact) mass is 376 g/mol. The van der Waals surface area contributed by atoms with Crippen molar-refractivity contribution in [3.8, 4) is 0 Å². The van der Waals surface area contributed by atoms with E-state index >= 15 is 0 Å². The summed E-state index contributed by atoms with van der Waals surface area (Å²) in [5.74, 6) is 0. The number of nitrogens with zero attached hydrogens (tertiary/aromatic N) is 1. The second-order valence-corrected chi connectivity index (χ2v) is 6.24. The standard InChI is InChI=1S/C21H20N4O3/c1-15(16-5-3-2-4-6-16)22-17-7-9-18(10-8-17)23-21(26)24-19-11-13-20(14-12-19)25(27)28/h2-15,22H,1H3,(H2,23,24,26). The van der Waals surface area contributed by atoms with Crippen molar-refractivity contribution < 1.29 is 9.72 Å². The molecule has 0 spiro atoms. The number of benzene rings is 3. The van der Waals surface area contributed by atoms with E-state index in [0.29, 0.717) is 11.4 Å². The summed E-state index contributed by atoms with van der Waals surface area (Å²) in [4.78, 5) is 22.2. The lowest BCUT2D eigenvalue weighted by Gasteiger charge is -2.16. The van der Waals surface area contributed by atoms with Gasteiger partial charge in [0.1, 0.15) is 0 Å². The summed E-state index contributed by atoms with van der Waals surface area (Å²) >= 11 is 0. The summed E-state index contributed by atoms with van der Waals surface area (Å²) < 4.78 is 0. The Bertz CT molecular complexity index is 942. The number of nitro groups is 1. The van der Waals surface area contributed by atoms with Gasteiger partial charge in [-0.25, -0.2) is 4.79 Å². The molecular formula is C21H20N4O3. The summed E-state index contributed by atoms with van der Waals surface area (Å²) in [6.45, 7) is 2.08. The minimum atomic E-state index is -0.488. The maximum Gasteiger partial charge on any atom is 0.323 e. The third-order valence-corrected chi connectivity index (χ3v) is 4.16. The van der Waals surface area contributed by atoms with Crippen molar-refractivity contribution in [1.29, 1.82) is 0 Å². The van der Waals surface area contributed by atoms with Crippen molar-refractivity contribution in [2.75, 3.05) is 16.0 Å². The minimum Gasteiger partial charge on any atom is -0.379 e. The molecule has 0 radical (unpaired) electrons. The Morgan fingerprint density at radius 3 is 1.86 bits per heavy atom. The quantitative estimate of drug-likeness (QED) is 0.396. The second-order valence-electron chi connectivity index (χ2n) is 6.24. The molecule has 0 saturated heterocycles. The molecule has 7 nitrogen and oxygen atoms in total. The van der Waals surface area contributed by atoms with Crippen LogP contribution in [0.1, 0.15) is 18.5 Å². The van der Waals surface area contributed by atoms with Gasteiger partial charge in [0.05, 0.1) is 4.92 Å². The number of carbonyl (C=O) groups is 1. The SMILES string of the molecule is CC(Nc1ccc(NC(=O)Nc2ccc([N+](=O)[O-])cc2)cc1)c1ccccc1. The van der Waals surface area contributed by atoms with E-state index in [1.807, 2.05) is 30.3 Å². The Morgan fingerprint density at radius 2 is 1.32 bits per heavy atom. The van der Waals surface area contributed by atoms with Crippen molar-refractivity contribution in [3.05, 3.63) is 94.5 Å². The van der Waals surface area contributed by atoms with Gasteiger partial charge in [0.15, 0.2) is 0 Å². The largest absolute Gasteiger partial charge is 0.379 e. The van der Waals surface area contributed by atoms with Crippen molar-refractivity contribution in [3.63, 3.8) is 0 Å². The molecule has 28 heavy (non-hydrogen) atoms. The van der Waals surface area contributed by atoms with Crippen molar-refractivity contribution in [1.82, 2.24) is 0 Å². The van der Waals surface area contributed by atoms with Gasteiger partial charge in [0, 0.05) is 35.2 Å². The highest BCUT2D eigenvalue weighted by atomic mass is 16.6. The fourth-order valence-electron chi connectivity index (χ4n) is 2.68. The smallest absolute Gasteiger partial charge is 0.323 e. The van der Waals surface area contributed by atoms with Crippen LogP contribution in [0.15, 0.2) is 78.9 Å². The molecule has 142 valence electrons. The van der Waals surface area contributed by atoms with E-state index in [1.54, 1.807) is 12.1 Å². The average Bonchev–Trinajstić information content (AvgIpc) is 2.70. The first-order valence-corrected chi connectivity index (χ1v) is 8.75. The number of anilines is 3. The topological polar surface area (TPSA) is 96.3 Å². The fraction of sp³-hybridized carbons (Fsp3) is 0.0952. The van der Waals surface area contributed by atoms with Gasteiger partial charge in [0.25, 0.3) is 5.69 Å². The summed E-state index contributed by atoms with van der Waals surface area (Å²) in [7, 11) is 0. The summed E-state index contributed by atoms with van der Waals surface area (Å²) in [5.41, 5.74) is 3.21. The molecule has 0 aliphatic rings. The Balaban J connectivity index is 1.54. The third kappa shape index (κ3) is 5.07. The van der Waals surface area contributed by atoms with E-state index in [9.17, 15) is 14.9 Å². The normalized spacial score (nSPS) is 11.3. The first-order valence-electron chi connectivity index (χ1n) is 8.75. The van der Waals surface area contributed by atoms with Crippen LogP contribution in [0.25, 0.3) is 0 Å². The van der Waals surface area contributed by atoms with E-state index in [4.69, 9.17) is 0 Å². The predicted molar refractivity (Wildman–Crippen MR) is 111 cm³/mol. The molecule has 3 aromatic rings. The Kier molecular flexibility index (Phi) is 5.86. The van der Waals surface area contributed by atoms with Gasteiger partial charge >= 0.3 is 6.03 Å². The molecule has 1 unspecified atom stereocenters. The maximum atomic E-state index is 12.1. The molecule has 0 aromatic heterocycles. The number of hydrogen-bond acceptors (Lipinski definition) is 4. The lowest BCUT2D eigenvalue weighted by Crippen LogP contribution is -2.19. The number of nitro benzene ring substituents is 1. The number of non-ortho nitro benzene ring substituents is 1. The van der Waals surface area contributed by atoms with Crippen LogP contribution in [-0.2, 0) is 0 Å². The second kappa shape index (κ2) is 8.68. The van der Waals surface area contributed by atoms with Crippen LogP contribution in [0.3, 0.4) is 0 Å². The number of rotatable bonds is 6. The molecule has 1 atom stereocenters. The Morgan fingerprint density at radius 1 is 0.821 bits per heavy atom. The zero-order chi connectivity index (χ0) is 19.9. The van der Waals surface area contributed by atoms with E-state index in [-0.39, 0.29) is 11.7 Å². The predicted octanol–water partition coefficient (Wildman–Crippen LogP) is 5.41.